The monoisotopic (exact) mass is 336 g/mol. The molecule has 1 aliphatic rings. The maximum atomic E-state index is 12.5. The molecule has 2 rings (SSSR count). The number of piperidine rings is 1. The number of nitrogens with zero attached hydrogens (tertiary/aromatic N) is 1. The van der Waals surface area contributed by atoms with Crippen molar-refractivity contribution >= 4 is 12.4 Å². The van der Waals surface area contributed by atoms with Gasteiger partial charge in [0.15, 0.2) is 0 Å². The van der Waals surface area contributed by atoms with Crippen molar-refractivity contribution in [3.63, 3.8) is 0 Å². The third-order valence-corrected chi connectivity index (χ3v) is 3.80. The first-order valence-corrected chi connectivity index (χ1v) is 7.13. The predicted molar refractivity (Wildman–Crippen MR) is 84.2 cm³/mol. The van der Waals surface area contributed by atoms with Crippen LogP contribution in [-0.4, -0.2) is 44.8 Å². The minimum Gasteiger partial charge on any atom is -0.497 e. The number of hydrogen-bond acceptors (Lipinski definition) is 4. The van der Waals surface area contributed by atoms with E-state index in [0.717, 1.165) is 31.5 Å². The van der Waals surface area contributed by atoms with E-state index in [2.05, 4.69) is 15.0 Å². The van der Waals surface area contributed by atoms with E-state index in [1.54, 1.807) is 12.1 Å². The van der Waals surface area contributed by atoms with E-state index in [0.29, 0.717) is 18.3 Å². The van der Waals surface area contributed by atoms with Crippen molar-refractivity contribution in [1.29, 1.82) is 0 Å². The first-order chi connectivity index (χ1) is 10.1. The van der Waals surface area contributed by atoms with Crippen LogP contribution in [0.1, 0.15) is 18.4 Å². The average Bonchev–Trinajstić information content (AvgIpc) is 2.48. The number of rotatable bonds is 6. The summed E-state index contributed by atoms with van der Waals surface area (Å²) in [7, 11) is 3.45. The molecule has 1 unspecified atom stereocenters. The molecule has 7 heteroatoms. The third kappa shape index (κ3) is 5.26. The molecule has 0 spiro atoms. The molecule has 1 N–H and O–H groups in total. The topological polar surface area (TPSA) is 33.7 Å². The van der Waals surface area contributed by atoms with Gasteiger partial charge in [0.25, 0.3) is 0 Å². The van der Waals surface area contributed by atoms with E-state index < -0.39 is 6.61 Å². The molecule has 0 aliphatic carbocycles. The predicted octanol–water partition coefficient (Wildman–Crippen LogP) is 2.90. The summed E-state index contributed by atoms with van der Waals surface area (Å²) in [5.74, 6) is 0.706. The summed E-state index contributed by atoms with van der Waals surface area (Å²) in [6.45, 7) is -0.346. The Hall–Kier alpha value is -1.11. The molecule has 1 fully saturated rings. The van der Waals surface area contributed by atoms with Gasteiger partial charge in [0.1, 0.15) is 11.5 Å². The SMILES string of the molecule is CNC1CCCN(Cc2ccc(OC)cc2OC(F)F)C1.Cl. The molecule has 1 aromatic rings. The molecule has 1 atom stereocenters. The van der Waals surface area contributed by atoms with E-state index in [9.17, 15) is 8.78 Å². The van der Waals surface area contributed by atoms with Gasteiger partial charge in [0, 0.05) is 30.8 Å². The Balaban J connectivity index is 0.00000242. The van der Waals surface area contributed by atoms with Crippen LogP contribution in [0.25, 0.3) is 0 Å². The van der Waals surface area contributed by atoms with Crippen molar-refractivity contribution in [2.24, 2.45) is 0 Å². The molecular weight excluding hydrogens is 314 g/mol. The maximum Gasteiger partial charge on any atom is 0.387 e. The van der Waals surface area contributed by atoms with Crippen LogP contribution >= 0.6 is 12.4 Å². The second kappa shape index (κ2) is 9.12. The van der Waals surface area contributed by atoms with Crippen LogP contribution in [-0.2, 0) is 6.54 Å². The van der Waals surface area contributed by atoms with Gasteiger partial charge in [-0.2, -0.15) is 8.78 Å². The van der Waals surface area contributed by atoms with Gasteiger partial charge in [0.05, 0.1) is 7.11 Å². The highest BCUT2D eigenvalue weighted by Crippen LogP contribution is 2.28. The molecule has 0 bridgehead atoms. The van der Waals surface area contributed by atoms with Crippen molar-refractivity contribution in [2.45, 2.75) is 32.0 Å². The van der Waals surface area contributed by atoms with Gasteiger partial charge >= 0.3 is 6.61 Å². The summed E-state index contributed by atoms with van der Waals surface area (Å²) >= 11 is 0. The van der Waals surface area contributed by atoms with E-state index in [4.69, 9.17) is 4.74 Å². The lowest BCUT2D eigenvalue weighted by molar-refractivity contribution is -0.0509. The Morgan fingerprint density at radius 2 is 2.18 bits per heavy atom. The molecule has 22 heavy (non-hydrogen) atoms. The van der Waals surface area contributed by atoms with Gasteiger partial charge in [-0.05, 0) is 32.5 Å². The van der Waals surface area contributed by atoms with E-state index in [1.807, 2.05) is 7.05 Å². The molecule has 0 amide bonds. The van der Waals surface area contributed by atoms with Crippen molar-refractivity contribution < 1.29 is 18.3 Å². The number of benzene rings is 1. The summed E-state index contributed by atoms with van der Waals surface area (Å²) in [5.41, 5.74) is 0.757. The van der Waals surface area contributed by atoms with Crippen molar-refractivity contribution in [1.82, 2.24) is 10.2 Å². The average molecular weight is 337 g/mol. The molecule has 0 aromatic heterocycles. The Labute approximate surface area is 136 Å². The van der Waals surface area contributed by atoms with E-state index >= 15 is 0 Å². The highest BCUT2D eigenvalue weighted by molar-refractivity contribution is 5.85. The molecule has 0 saturated carbocycles. The van der Waals surface area contributed by atoms with Gasteiger partial charge in [-0.3, -0.25) is 4.90 Å². The quantitative estimate of drug-likeness (QED) is 0.866. The number of halogens is 3. The maximum absolute atomic E-state index is 12.5. The normalized spacial score (nSPS) is 18.9. The number of nitrogens with one attached hydrogen (secondary N) is 1. The lowest BCUT2D eigenvalue weighted by atomic mass is 10.0. The highest BCUT2D eigenvalue weighted by atomic mass is 35.5. The standard InChI is InChI=1S/C15H22F2N2O2.ClH/c1-18-12-4-3-7-19(10-12)9-11-5-6-13(20-2)8-14(11)21-15(16)17;/h5-6,8,12,15,18H,3-4,7,9-10H2,1-2H3;1H. The first kappa shape index (κ1) is 18.9. The second-order valence-corrected chi connectivity index (χ2v) is 5.22. The Morgan fingerprint density at radius 1 is 1.41 bits per heavy atom. The second-order valence-electron chi connectivity index (χ2n) is 5.22. The zero-order valence-electron chi connectivity index (χ0n) is 12.9. The molecule has 1 saturated heterocycles. The van der Waals surface area contributed by atoms with Crippen LogP contribution in [0.4, 0.5) is 8.78 Å². The van der Waals surface area contributed by atoms with Crippen LogP contribution in [0.2, 0.25) is 0 Å². The molecule has 126 valence electrons. The minimum atomic E-state index is -2.83. The number of likely N-dealkylation sites (N-methyl/N-ethyl adjacent to an activating group) is 1. The number of likely N-dealkylation sites (tertiary alicyclic amines) is 1. The zero-order chi connectivity index (χ0) is 15.2. The van der Waals surface area contributed by atoms with Crippen LogP contribution < -0.4 is 14.8 Å². The summed E-state index contributed by atoms with van der Waals surface area (Å²) in [6, 6.07) is 5.53. The van der Waals surface area contributed by atoms with Gasteiger partial charge in [-0.25, -0.2) is 0 Å². The van der Waals surface area contributed by atoms with E-state index in [-0.39, 0.29) is 18.2 Å². The lowest BCUT2D eigenvalue weighted by Crippen LogP contribution is -2.43. The Bertz CT molecular complexity index is 463. The largest absolute Gasteiger partial charge is 0.497 e. The molecule has 1 aromatic carbocycles. The fourth-order valence-corrected chi connectivity index (χ4v) is 2.67. The number of ether oxygens (including phenoxy) is 2. The Kier molecular flexibility index (Phi) is 7.85. The number of methoxy groups -OCH3 is 1. The van der Waals surface area contributed by atoms with Gasteiger partial charge in [-0.15, -0.1) is 12.4 Å². The van der Waals surface area contributed by atoms with E-state index in [1.165, 1.54) is 13.2 Å². The van der Waals surface area contributed by atoms with Gasteiger partial charge in [0.2, 0.25) is 0 Å². The minimum absolute atomic E-state index is 0. The number of hydrogen-bond donors (Lipinski definition) is 1. The van der Waals surface area contributed by atoms with Crippen molar-refractivity contribution in [3.05, 3.63) is 23.8 Å². The fraction of sp³-hybridized carbons (Fsp3) is 0.600. The van der Waals surface area contributed by atoms with Crippen LogP contribution in [0.3, 0.4) is 0 Å². The molecule has 1 aliphatic heterocycles. The van der Waals surface area contributed by atoms with Crippen molar-refractivity contribution in [3.8, 4) is 11.5 Å². The zero-order valence-corrected chi connectivity index (χ0v) is 13.7. The number of alkyl halides is 2. The smallest absolute Gasteiger partial charge is 0.387 e. The van der Waals surface area contributed by atoms with Crippen LogP contribution in [0.15, 0.2) is 18.2 Å². The molecule has 0 radical (unpaired) electrons. The van der Waals surface area contributed by atoms with Crippen LogP contribution in [0.5, 0.6) is 11.5 Å². The highest BCUT2D eigenvalue weighted by Gasteiger charge is 2.20. The molecule has 4 nitrogen and oxygen atoms in total. The summed E-state index contributed by atoms with van der Waals surface area (Å²) < 4.78 is 34.8. The van der Waals surface area contributed by atoms with Crippen molar-refractivity contribution in [2.75, 3.05) is 27.2 Å². The Morgan fingerprint density at radius 3 is 2.82 bits per heavy atom. The van der Waals surface area contributed by atoms with Gasteiger partial charge < -0.3 is 14.8 Å². The summed E-state index contributed by atoms with van der Waals surface area (Å²) in [4.78, 5) is 2.25. The lowest BCUT2D eigenvalue weighted by Gasteiger charge is -2.32. The fourth-order valence-electron chi connectivity index (χ4n) is 2.67. The third-order valence-electron chi connectivity index (χ3n) is 3.80. The van der Waals surface area contributed by atoms with Crippen LogP contribution in [0, 0.1) is 0 Å². The van der Waals surface area contributed by atoms with Gasteiger partial charge in [-0.1, -0.05) is 6.07 Å². The summed E-state index contributed by atoms with van der Waals surface area (Å²) in [6.07, 6.45) is 2.25. The molecular formula is C15H23ClF2N2O2. The first-order valence-electron chi connectivity index (χ1n) is 7.13. The molecule has 1 heterocycles. The summed E-state index contributed by atoms with van der Waals surface area (Å²) in [5, 5.41) is 3.27.